The van der Waals surface area contributed by atoms with Gasteiger partial charge in [0.1, 0.15) is 79.7 Å². The van der Waals surface area contributed by atoms with Crippen LogP contribution in [0.5, 0.6) is 0 Å². The van der Waals surface area contributed by atoms with E-state index in [0.29, 0.717) is 6.67 Å². The molecule has 43 nitrogen and oxygen atoms in total. The van der Waals surface area contributed by atoms with Crippen molar-refractivity contribution in [3.8, 4) is 0 Å². The van der Waals surface area contributed by atoms with Crippen molar-refractivity contribution in [2.75, 3.05) is 33.5 Å². The Morgan fingerprint density at radius 3 is 1.52 bits per heavy atom. The van der Waals surface area contributed by atoms with Crippen molar-refractivity contribution in [2.45, 2.75) is 130 Å². The van der Waals surface area contributed by atoms with Crippen molar-refractivity contribution in [2.24, 2.45) is 0 Å². The van der Waals surface area contributed by atoms with E-state index in [9.17, 15) is 120 Å². The average Bonchev–Trinajstić information content (AvgIpc) is 3.69. The lowest BCUT2D eigenvalue weighted by molar-refractivity contribution is -0.366. The number of hydrogen-bond donors (Lipinski definition) is 16. The zero-order valence-corrected chi connectivity index (χ0v) is 44.0. The van der Waals surface area contributed by atoms with Crippen molar-refractivity contribution in [1.82, 2.24) is 19.8 Å². The molecule has 0 bridgehead atoms. The third kappa shape index (κ3) is 19.9. The maximum Gasteiger partial charge on any atom is 0.397 e. The SMILES string of the molecule is CC(=O)N[C@@H]1[C@@H](O)[C@H](O[C@@H]2O[C@H](C(=O)O)[C@@H](O[C@@H]3O[C@H](CO)[C@@H](O[C@H]4O[C@@H](C(=O)O)[C@H](O)[C@@H](O)[C@@H]4OS(=O)(=O)O)[C@H](OS(=O)(=O)O)[C@H]3NS(=O)(=O)O)[C@H](O)[C@H]2OS(=O)(=O)O)[C@H](COS(=O)(=O)O)O[C@H]1O.CN1C=CN(CC(=O)O)C1. The number of carboxylic acids is 3. The van der Waals surface area contributed by atoms with Crippen LogP contribution in [0.2, 0.25) is 0 Å². The van der Waals surface area contributed by atoms with Gasteiger partial charge in [0.25, 0.3) is 0 Å². The van der Waals surface area contributed by atoms with Gasteiger partial charge in [0, 0.05) is 26.4 Å². The Balaban J connectivity index is 0.00000124. The zero-order chi connectivity index (χ0) is 60.9. The number of nitrogens with one attached hydrogen (secondary N) is 2. The lowest BCUT2D eigenvalue weighted by atomic mass is 9.94. The first kappa shape index (κ1) is 68.5. The molecule has 20 atom stereocenters. The highest BCUT2D eigenvalue weighted by atomic mass is 32.3. The van der Waals surface area contributed by atoms with Gasteiger partial charge in [-0.1, -0.05) is 0 Å². The van der Waals surface area contributed by atoms with Crippen molar-refractivity contribution in [3.63, 3.8) is 0 Å². The Hall–Kier alpha value is -3.95. The Morgan fingerprint density at radius 1 is 0.575 bits per heavy atom. The Bertz CT molecular complexity index is 2790. The van der Waals surface area contributed by atoms with Crippen LogP contribution in [0.4, 0.5) is 0 Å². The summed E-state index contributed by atoms with van der Waals surface area (Å²) in [6.45, 7) is -1.48. The normalized spacial score (nSPS) is 36.4. The van der Waals surface area contributed by atoms with Gasteiger partial charge < -0.3 is 94.2 Å². The van der Waals surface area contributed by atoms with E-state index in [-0.39, 0.29) is 6.54 Å². The van der Waals surface area contributed by atoms with Crippen molar-refractivity contribution in [3.05, 3.63) is 12.4 Å². The molecule has 0 aliphatic carbocycles. The quantitative estimate of drug-likeness (QED) is 0.0423. The van der Waals surface area contributed by atoms with Gasteiger partial charge in [-0.25, -0.2) is 26.3 Å². The van der Waals surface area contributed by atoms with Crippen LogP contribution < -0.4 is 10.0 Å². The monoisotopic (exact) mass is 1280 g/mol. The van der Waals surface area contributed by atoms with Crippen molar-refractivity contribution < 1.29 is 180 Å². The molecule has 0 aromatic rings. The van der Waals surface area contributed by atoms with Gasteiger partial charge in [0.2, 0.25) is 5.91 Å². The molecule has 0 aromatic heterocycles. The lowest BCUT2D eigenvalue weighted by Gasteiger charge is -2.50. The summed E-state index contributed by atoms with van der Waals surface area (Å²) < 4.78 is 222. The second kappa shape index (κ2) is 27.2. The molecular weight excluding hydrogens is 1220 g/mol. The first-order valence-electron chi connectivity index (χ1n) is 21.5. The van der Waals surface area contributed by atoms with Crippen LogP contribution >= 0.6 is 0 Å². The molecule has 5 aliphatic rings. The highest BCUT2D eigenvalue weighted by Gasteiger charge is 2.60. The van der Waals surface area contributed by atoms with Crippen LogP contribution in [0.1, 0.15) is 6.92 Å². The third-order valence-corrected chi connectivity index (χ3v) is 13.4. The summed E-state index contributed by atoms with van der Waals surface area (Å²) in [5, 5.41) is 94.3. The summed E-state index contributed by atoms with van der Waals surface area (Å²) in [5.74, 6) is -6.28. The van der Waals surface area contributed by atoms with Crippen molar-refractivity contribution >= 4 is 75.7 Å². The second-order valence-corrected chi connectivity index (χ2v) is 22.4. The second-order valence-electron chi connectivity index (χ2n) is 16.9. The molecule has 16 N–H and O–H groups in total. The minimum absolute atomic E-state index is 0.0842. The van der Waals surface area contributed by atoms with E-state index in [1.165, 1.54) is 4.72 Å². The molecule has 1 amide bonds. The van der Waals surface area contributed by atoms with E-state index in [1.54, 1.807) is 11.1 Å². The van der Waals surface area contributed by atoms with Gasteiger partial charge in [0.15, 0.2) is 49.6 Å². The average molecular weight is 1280 g/mol. The van der Waals surface area contributed by atoms with Gasteiger partial charge in [-0.3, -0.25) is 32.4 Å². The standard InChI is InChI=1S/C26H42N2O37S5.C6H10N2O2/c1-4(30)27-7-9(31)13(6(56-23(7)39)3-55-67(43,44)45)58-26-19(65-70(52,53)54)12(34)16(20(62-26)22(37)38)60-24-8(28-66(40,41)42)15(63-68(46,47)48)14(5(2-29)57-24)59-25-18(64-69(49,50)51)11(33)10(32)17(61-25)21(35)36;1-7-2-3-8(5-7)4-6(9)10/h5-20,23-26,28-29,31-34,39H,2-3H2,1H3,(H,27,30)(H,35,36)(H,37,38)(H,40,41,42)(H,43,44,45)(H,46,47,48)(H,49,50,51)(H,52,53,54);2-3H,4-5H2,1H3,(H,9,10)/t5-,6+,7-,8-,9-,10-,11-,12+,13-,14-,15-,16+,17-,18+,19-,20+,23-,24+,25+,26-;/m1./s1. The number of hydrogen-bond acceptors (Lipinski definition) is 33. The molecule has 4 saturated heterocycles. The Labute approximate surface area is 449 Å². The number of carbonyl (C=O) groups is 4. The fourth-order valence-corrected chi connectivity index (χ4v) is 10.3. The van der Waals surface area contributed by atoms with Crippen LogP contribution in [-0.4, -0.2) is 301 Å². The van der Waals surface area contributed by atoms with Crippen LogP contribution in [0, 0.1) is 0 Å². The minimum atomic E-state index is -6.09. The highest BCUT2D eigenvalue weighted by Crippen LogP contribution is 2.37. The van der Waals surface area contributed by atoms with Crippen molar-refractivity contribution in [1.29, 1.82) is 0 Å². The molecule has 5 rings (SSSR count). The number of rotatable bonds is 23. The summed E-state index contributed by atoms with van der Waals surface area (Å²) >= 11 is 0. The molecule has 0 saturated carbocycles. The number of carbonyl (C=O) groups excluding carboxylic acids is 1. The minimum Gasteiger partial charge on any atom is -0.480 e. The molecule has 464 valence electrons. The fourth-order valence-electron chi connectivity index (χ4n) is 7.92. The van der Waals surface area contributed by atoms with E-state index in [1.807, 2.05) is 23.5 Å². The Morgan fingerprint density at radius 2 is 1.07 bits per heavy atom. The molecular formula is C32H52N4O39S5. The molecule has 0 radical (unpaired) electrons. The maximum atomic E-state index is 12.7. The summed E-state index contributed by atoms with van der Waals surface area (Å²) in [7, 11) is -27.2. The summed E-state index contributed by atoms with van der Waals surface area (Å²) in [5.41, 5.74) is 0. The molecule has 4 fully saturated rings. The van der Waals surface area contributed by atoms with E-state index >= 15 is 0 Å². The highest BCUT2D eigenvalue weighted by molar-refractivity contribution is 7.83. The molecule has 0 unspecified atom stereocenters. The first-order valence-corrected chi connectivity index (χ1v) is 28.4. The number of carboxylic acid groups (broad SMARTS) is 3. The number of nitrogens with zero attached hydrogens (tertiary/aromatic N) is 2. The molecule has 0 aromatic carbocycles. The van der Waals surface area contributed by atoms with Crippen LogP contribution in [0.25, 0.3) is 0 Å². The molecule has 48 heteroatoms. The zero-order valence-electron chi connectivity index (χ0n) is 39.9. The smallest absolute Gasteiger partial charge is 0.397 e. The van der Waals surface area contributed by atoms with Gasteiger partial charge >= 0.3 is 69.8 Å². The summed E-state index contributed by atoms with van der Waals surface area (Å²) in [6.07, 6.45) is -45.5. The predicted octanol–water partition coefficient (Wildman–Crippen LogP) is -11.0. The van der Waals surface area contributed by atoms with Gasteiger partial charge in [0.05, 0.1) is 19.9 Å². The largest absolute Gasteiger partial charge is 0.480 e. The molecule has 80 heavy (non-hydrogen) atoms. The Kier molecular flexibility index (Phi) is 23.3. The fraction of sp³-hybridized carbons (Fsp3) is 0.812. The van der Waals surface area contributed by atoms with Crippen LogP contribution in [0.3, 0.4) is 0 Å². The predicted molar refractivity (Wildman–Crippen MR) is 237 cm³/mol. The number of amides is 1. The number of aliphatic hydroxyl groups excluding tert-OH is 6. The number of ether oxygens (including phenoxy) is 7. The van der Waals surface area contributed by atoms with Gasteiger partial charge in [-0.05, 0) is 0 Å². The van der Waals surface area contributed by atoms with E-state index in [0.717, 1.165) is 6.92 Å². The van der Waals surface area contributed by atoms with Gasteiger partial charge in [-0.15, -0.1) is 0 Å². The summed E-state index contributed by atoms with van der Waals surface area (Å²) in [6, 6.07) is -4.96. The topological polar surface area (TPSA) is 654 Å². The molecule has 0 spiro atoms. The van der Waals surface area contributed by atoms with Gasteiger partial charge in [-0.2, -0.15) is 46.8 Å². The third-order valence-electron chi connectivity index (χ3n) is 11.0. The van der Waals surface area contributed by atoms with E-state index in [2.05, 4.69) is 16.7 Å². The maximum absolute atomic E-state index is 12.7. The summed E-state index contributed by atoms with van der Waals surface area (Å²) in [4.78, 5) is 50.2. The molecule has 5 aliphatic heterocycles. The van der Waals surface area contributed by atoms with E-state index in [4.69, 9.17) is 42.8 Å². The molecule has 5 heterocycles. The first-order chi connectivity index (χ1) is 36.5. The number of aliphatic carboxylic acids is 3. The lowest BCUT2D eigenvalue weighted by Crippen LogP contribution is -2.71. The van der Waals surface area contributed by atoms with E-state index < -0.39 is 212 Å². The number of aliphatic hydroxyl groups is 6. The van der Waals surface area contributed by atoms with Crippen LogP contribution in [0.15, 0.2) is 12.4 Å². The van der Waals surface area contributed by atoms with Crippen LogP contribution in [-0.2, 0) is 121 Å².